The van der Waals surface area contributed by atoms with E-state index < -0.39 is 0 Å². The van der Waals surface area contributed by atoms with Gasteiger partial charge < -0.3 is 15.3 Å². The minimum absolute atomic E-state index is 0.0215. The molecule has 2 rings (SSSR count). The van der Waals surface area contributed by atoms with Gasteiger partial charge in [-0.3, -0.25) is 14.6 Å². The fourth-order valence-electron chi connectivity index (χ4n) is 2.56. The molecule has 0 unspecified atom stereocenters. The van der Waals surface area contributed by atoms with Crippen LogP contribution >= 0.6 is 0 Å². The Morgan fingerprint density at radius 1 is 1.14 bits per heavy atom. The number of benzene rings is 1. The Morgan fingerprint density at radius 2 is 1.73 bits per heavy atom. The fourth-order valence-corrected chi connectivity index (χ4v) is 2.56. The molecule has 0 atom stereocenters. The molecule has 1 fully saturated rings. The minimum atomic E-state index is 0.0215. The first kappa shape index (κ1) is 16.7. The van der Waals surface area contributed by atoms with Crippen LogP contribution < -0.4 is 10.2 Å². The number of aliphatic hydroxyl groups is 1. The average Bonchev–Trinajstić information content (AvgIpc) is 2.50. The van der Waals surface area contributed by atoms with E-state index >= 15 is 0 Å². The Kier molecular flexibility index (Phi) is 6.18. The largest absolute Gasteiger partial charge is 0.395 e. The lowest BCUT2D eigenvalue weighted by atomic mass is 10.2. The smallest absolute Gasteiger partial charge is 0.238 e. The van der Waals surface area contributed by atoms with Crippen molar-refractivity contribution in [3.8, 4) is 0 Å². The van der Waals surface area contributed by atoms with Crippen molar-refractivity contribution < 1.29 is 9.90 Å². The first-order valence-corrected chi connectivity index (χ1v) is 7.71. The summed E-state index contributed by atoms with van der Waals surface area (Å²) in [5.41, 5.74) is 1.94. The van der Waals surface area contributed by atoms with Gasteiger partial charge in [-0.05, 0) is 24.3 Å². The summed E-state index contributed by atoms with van der Waals surface area (Å²) in [5.74, 6) is 0.0215. The lowest BCUT2D eigenvalue weighted by Crippen LogP contribution is -2.49. The minimum Gasteiger partial charge on any atom is -0.395 e. The van der Waals surface area contributed by atoms with Gasteiger partial charge in [0.25, 0.3) is 0 Å². The number of hydrogen-bond acceptors (Lipinski definition) is 5. The van der Waals surface area contributed by atoms with E-state index in [1.54, 1.807) is 0 Å². The van der Waals surface area contributed by atoms with Crippen LogP contribution in [0.1, 0.15) is 0 Å². The summed E-state index contributed by atoms with van der Waals surface area (Å²) < 4.78 is 0. The van der Waals surface area contributed by atoms with Crippen molar-refractivity contribution in [3.63, 3.8) is 0 Å². The molecule has 6 heteroatoms. The van der Waals surface area contributed by atoms with E-state index in [2.05, 4.69) is 15.1 Å². The molecule has 2 N–H and O–H groups in total. The molecule has 22 heavy (non-hydrogen) atoms. The standard InChI is InChI=1S/C16H26N4O2/c1-18(2)15-5-3-14(4-6-15)17-16(22)13-20-9-7-19(8-10-20)11-12-21/h3-6,21H,7-13H2,1-2H3,(H,17,22). The number of carbonyl (C=O) groups excluding carboxylic acids is 1. The SMILES string of the molecule is CN(C)c1ccc(NC(=O)CN2CCN(CCO)CC2)cc1. The lowest BCUT2D eigenvalue weighted by Gasteiger charge is -2.33. The van der Waals surface area contributed by atoms with Gasteiger partial charge in [-0.25, -0.2) is 0 Å². The topological polar surface area (TPSA) is 59.1 Å². The Hall–Kier alpha value is -1.63. The quantitative estimate of drug-likeness (QED) is 0.792. The van der Waals surface area contributed by atoms with Crippen molar-refractivity contribution >= 4 is 17.3 Å². The van der Waals surface area contributed by atoms with E-state index in [-0.39, 0.29) is 12.5 Å². The molecular formula is C16H26N4O2. The molecule has 1 aromatic carbocycles. The summed E-state index contributed by atoms with van der Waals surface area (Å²) in [4.78, 5) is 18.5. The van der Waals surface area contributed by atoms with Gasteiger partial charge in [-0.2, -0.15) is 0 Å². The highest BCUT2D eigenvalue weighted by Crippen LogP contribution is 2.15. The van der Waals surface area contributed by atoms with Crippen LogP contribution in [0.2, 0.25) is 0 Å². The van der Waals surface area contributed by atoms with E-state index in [4.69, 9.17) is 5.11 Å². The number of anilines is 2. The molecule has 0 spiro atoms. The first-order valence-electron chi connectivity index (χ1n) is 7.71. The van der Waals surface area contributed by atoms with Crippen molar-refractivity contribution in [2.45, 2.75) is 0 Å². The molecule has 1 aliphatic heterocycles. The van der Waals surface area contributed by atoms with Gasteiger partial charge >= 0.3 is 0 Å². The van der Waals surface area contributed by atoms with Gasteiger partial charge in [0.15, 0.2) is 0 Å². The van der Waals surface area contributed by atoms with Gasteiger partial charge in [0.1, 0.15) is 0 Å². The third-order valence-electron chi connectivity index (χ3n) is 3.92. The third-order valence-corrected chi connectivity index (χ3v) is 3.92. The molecule has 1 aromatic rings. The second kappa shape index (κ2) is 8.12. The number of nitrogens with zero attached hydrogens (tertiary/aromatic N) is 3. The molecular weight excluding hydrogens is 280 g/mol. The Balaban J connectivity index is 1.76. The van der Waals surface area contributed by atoms with Crippen LogP contribution in [-0.4, -0.2) is 80.8 Å². The van der Waals surface area contributed by atoms with Crippen molar-refractivity contribution in [2.24, 2.45) is 0 Å². The molecule has 6 nitrogen and oxygen atoms in total. The molecule has 0 radical (unpaired) electrons. The second-order valence-corrected chi connectivity index (χ2v) is 5.83. The van der Waals surface area contributed by atoms with Gasteiger partial charge in [-0.15, -0.1) is 0 Å². The number of aliphatic hydroxyl groups excluding tert-OH is 1. The molecule has 0 aromatic heterocycles. The van der Waals surface area contributed by atoms with Gasteiger partial charge in [-0.1, -0.05) is 0 Å². The van der Waals surface area contributed by atoms with E-state index in [1.165, 1.54) is 0 Å². The van der Waals surface area contributed by atoms with Crippen LogP contribution in [0.25, 0.3) is 0 Å². The number of rotatable bonds is 6. The van der Waals surface area contributed by atoms with E-state index in [0.29, 0.717) is 6.54 Å². The lowest BCUT2D eigenvalue weighted by molar-refractivity contribution is -0.117. The molecule has 1 saturated heterocycles. The van der Waals surface area contributed by atoms with Crippen molar-refractivity contribution in [2.75, 3.05) is 70.2 Å². The van der Waals surface area contributed by atoms with Gasteiger partial charge in [0.2, 0.25) is 5.91 Å². The Labute approximate surface area is 132 Å². The molecule has 1 aliphatic rings. The van der Waals surface area contributed by atoms with Crippen LogP contribution in [-0.2, 0) is 4.79 Å². The van der Waals surface area contributed by atoms with E-state index in [0.717, 1.165) is 44.1 Å². The highest BCUT2D eigenvalue weighted by molar-refractivity contribution is 5.92. The monoisotopic (exact) mass is 306 g/mol. The maximum atomic E-state index is 12.1. The predicted molar refractivity (Wildman–Crippen MR) is 89.4 cm³/mol. The van der Waals surface area contributed by atoms with Crippen LogP contribution in [0.3, 0.4) is 0 Å². The first-order chi connectivity index (χ1) is 10.6. The molecule has 0 saturated carbocycles. The highest BCUT2D eigenvalue weighted by atomic mass is 16.3. The zero-order valence-electron chi connectivity index (χ0n) is 13.5. The summed E-state index contributed by atoms with van der Waals surface area (Å²) in [6.07, 6.45) is 0. The zero-order chi connectivity index (χ0) is 15.9. The van der Waals surface area contributed by atoms with Gasteiger partial charge in [0.05, 0.1) is 13.2 Å². The number of piperazine rings is 1. The number of hydrogen-bond donors (Lipinski definition) is 2. The zero-order valence-corrected chi connectivity index (χ0v) is 13.5. The van der Waals surface area contributed by atoms with Crippen LogP contribution in [0.5, 0.6) is 0 Å². The number of amides is 1. The molecule has 0 bridgehead atoms. The van der Waals surface area contributed by atoms with Crippen LogP contribution in [0.4, 0.5) is 11.4 Å². The normalized spacial score (nSPS) is 16.5. The third kappa shape index (κ3) is 4.98. The van der Waals surface area contributed by atoms with Crippen molar-refractivity contribution in [1.29, 1.82) is 0 Å². The number of nitrogens with one attached hydrogen (secondary N) is 1. The molecule has 0 aliphatic carbocycles. The number of β-amino-alcohol motifs (C(OH)–C–C–N with tert-alkyl or cyclic N) is 1. The van der Waals surface area contributed by atoms with Crippen molar-refractivity contribution in [1.82, 2.24) is 9.80 Å². The Morgan fingerprint density at radius 3 is 2.27 bits per heavy atom. The van der Waals surface area contributed by atoms with Crippen molar-refractivity contribution in [3.05, 3.63) is 24.3 Å². The second-order valence-electron chi connectivity index (χ2n) is 5.83. The van der Waals surface area contributed by atoms with Gasteiger partial charge in [0, 0.05) is 58.2 Å². The summed E-state index contributed by atoms with van der Waals surface area (Å²) in [7, 11) is 3.98. The maximum absolute atomic E-state index is 12.1. The molecule has 1 amide bonds. The summed E-state index contributed by atoms with van der Waals surface area (Å²) in [6, 6.07) is 7.82. The van der Waals surface area contributed by atoms with E-state index in [1.807, 2.05) is 43.3 Å². The summed E-state index contributed by atoms with van der Waals surface area (Å²) in [6.45, 7) is 4.89. The Bertz CT molecular complexity index is 468. The fraction of sp³-hybridized carbons (Fsp3) is 0.562. The molecule has 1 heterocycles. The number of carbonyl (C=O) groups is 1. The predicted octanol–water partition coefficient (Wildman–Crippen LogP) is 0.301. The average molecular weight is 306 g/mol. The maximum Gasteiger partial charge on any atom is 0.238 e. The van der Waals surface area contributed by atoms with Crippen LogP contribution in [0.15, 0.2) is 24.3 Å². The summed E-state index contributed by atoms with van der Waals surface area (Å²) >= 11 is 0. The van der Waals surface area contributed by atoms with Crippen LogP contribution in [0, 0.1) is 0 Å². The van der Waals surface area contributed by atoms with E-state index in [9.17, 15) is 4.79 Å². The molecule has 122 valence electrons. The summed E-state index contributed by atoms with van der Waals surface area (Å²) in [5, 5.41) is 11.9. The highest BCUT2D eigenvalue weighted by Gasteiger charge is 2.18.